The monoisotopic (exact) mass is 693 g/mol. The van der Waals surface area contributed by atoms with E-state index >= 15 is 0 Å². The third-order valence-corrected chi connectivity index (χ3v) is 10.1. The van der Waals surface area contributed by atoms with E-state index in [2.05, 4.69) is 86.0 Å². The highest BCUT2D eigenvalue weighted by molar-refractivity contribution is 5.64. The van der Waals surface area contributed by atoms with Crippen LogP contribution in [0.3, 0.4) is 0 Å². The fraction of sp³-hybridized carbons (Fsp3) is 0.739. The quantitative estimate of drug-likeness (QED) is 0.0671. The van der Waals surface area contributed by atoms with Gasteiger partial charge in [0.1, 0.15) is 0 Å². The molecule has 0 spiro atoms. The molecule has 2 aromatic rings. The Hall–Kier alpha value is -1.72. The second-order valence-electron chi connectivity index (χ2n) is 14.8. The Morgan fingerprint density at radius 3 is 1.02 bits per heavy atom. The van der Waals surface area contributed by atoms with Crippen LogP contribution in [0.2, 0.25) is 0 Å². The molecular formula is C46H80N2O2. The predicted molar refractivity (Wildman–Crippen MR) is 219 cm³/mol. The molecule has 4 heteroatoms. The summed E-state index contributed by atoms with van der Waals surface area (Å²) >= 11 is 0. The van der Waals surface area contributed by atoms with E-state index in [4.69, 9.17) is 9.47 Å². The molecule has 0 aromatic heterocycles. The Morgan fingerprint density at radius 2 is 0.700 bits per heavy atom. The van der Waals surface area contributed by atoms with Crippen molar-refractivity contribution in [3.05, 3.63) is 59.7 Å². The molecule has 0 saturated heterocycles. The van der Waals surface area contributed by atoms with Crippen molar-refractivity contribution in [2.75, 3.05) is 52.5 Å². The van der Waals surface area contributed by atoms with Gasteiger partial charge in [-0.3, -0.25) is 0 Å². The first-order valence-corrected chi connectivity index (χ1v) is 21.5. The van der Waals surface area contributed by atoms with Crippen LogP contribution in [-0.4, -0.2) is 62.3 Å². The van der Waals surface area contributed by atoms with E-state index < -0.39 is 0 Å². The largest absolute Gasteiger partial charge is 0.377 e. The van der Waals surface area contributed by atoms with Gasteiger partial charge in [-0.25, -0.2) is 0 Å². The summed E-state index contributed by atoms with van der Waals surface area (Å²) in [6.07, 6.45) is 26.4. The summed E-state index contributed by atoms with van der Waals surface area (Å²) in [7, 11) is 0. The zero-order chi connectivity index (χ0) is 35.7. The number of benzene rings is 2. The van der Waals surface area contributed by atoms with Gasteiger partial charge in [-0.05, 0) is 125 Å². The molecule has 0 heterocycles. The minimum Gasteiger partial charge on any atom is -0.377 e. The van der Waals surface area contributed by atoms with Gasteiger partial charge in [-0.15, -0.1) is 0 Å². The third kappa shape index (κ3) is 23.0. The van der Waals surface area contributed by atoms with E-state index in [1.807, 2.05) is 0 Å². The van der Waals surface area contributed by atoms with E-state index in [0.29, 0.717) is 13.2 Å². The minimum atomic E-state index is 0.684. The van der Waals surface area contributed by atoms with Crippen LogP contribution in [0.5, 0.6) is 0 Å². The van der Waals surface area contributed by atoms with Crippen LogP contribution in [0, 0.1) is 0 Å². The zero-order valence-electron chi connectivity index (χ0n) is 33.5. The van der Waals surface area contributed by atoms with E-state index in [9.17, 15) is 0 Å². The Morgan fingerprint density at radius 1 is 0.380 bits per heavy atom. The molecule has 0 aliphatic rings. The molecule has 0 radical (unpaired) electrons. The SMILES string of the molecule is CCCCCCN(CCCCCC)CCCCOCc1cccc(-c2cccc(COCCCCN(CCCCCC)CCCCCC)c2)c1. The maximum Gasteiger partial charge on any atom is 0.0717 e. The highest BCUT2D eigenvalue weighted by Crippen LogP contribution is 2.23. The number of hydrogen-bond acceptors (Lipinski definition) is 4. The summed E-state index contributed by atoms with van der Waals surface area (Å²) in [5.74, 6) is 0. The van der Waals surface area contributed by atoms with Gasteiger partial charge in [0.2, 0.25) is 0 Å². The number of unbranched alkanes of at least 4 members (excludes halogenated alkanes) is 14. The van der Waals surface area contributed by atoms with Crippen molar-refractivity contribution in [2.45, 2.75) is 169 Å². The van der Waals surface area contributed by atoms with E-state index in [1.165, 1.54) is 177 Å². The topological polar surface area (TPSA) is 24.9 Å². The molecule has 2 aromatic carbocycles. The van der Waals surface area contributed by atoms with Crippen molar-refractivity contribution in [2.24, 2.45) is 0 Å². The zero-order valence-corrected chi connectivity index (χ0v) is 33.5. The molecule has 0 aliphatic heterocycles. The maximum atomic E-state index is 6.16. The van der Waals surface area contributed by atoms with Crippen LogP contribution in [-0.2, 0) is 22.7 Å². The van der Waals surface area contributed by atoms with Gasteiger partial charge in [0.15, 0.2) is 0 Å². The first-order valence-electron chi connectivity index (χ1n) is 21.5. The van der Waals surface area contributed by atoms with E-state index in [0.717, 1.165) is 26.1 Å². The van der Waals surface area contributed by atoms with Crippen LogP contribution in [0.1, 0.15) is 167 Å². The fourth-order valence-electron chi connectivity index (χ4n) is 6.86. The van der Waals surface area contributed by atoms with Gasteiger partial charge in [-0.1, -0.05) is 141 Å². The predicted octanol–water partition coefficient (Wildman–Crippen LogP) is 12.9. The lowest BCUT2D eigenvalue weighted by Crippen LogP contribution is -2.27. The molecule has 0 unspecified atom stereocenters. The van der Waals surface area contributed by atoms with Gasteiger partial charge in [0, 0.05) is 13.2 Å². The molecule has 0 bridgehead atoms. The first kappa shape index (κ1) is 44.4. The van der Waals surface area contributed by atoms with Gasteiger partial charge in [0.25, 0.3) is 0 Å². The standard InChI is InChI=1S/C46H80N2O2/c1-5-9-13-17-31-47(32-18-14-10-6-2)35-21-23-37-49-41-43-27-25-29-45(39-43)46-30-26-28-44(40-46)42-50-38-24-22-36-48(33-19-15-11-7-3)34-20-16-12-8-4/h25-30,39-40H,5-24,31-38,41-42H2,1-4H3. The molecule has 0 aliphatic carbocycles. The van der Waals surface area contributed by atoms with Crippen LogP contribution in [0.15, 0.2) is 48.5 Å². The molecule has 286 valence electrons. The Kier molecular flexibility index (Phi) is 28.4. The van der Waals surface area contributed by atoms with Gasteiger partial charge < -0.3 is 19.3 Å². The summed E-state index contributed by atoms with van der Waals surface area (Å²) in [5.41, 5.74) is 5.02. The number of rotatable bonds is 35. The fourth-order valence-corrected chi connectivity index (χ4v) is 6.86. The molecule has 0 atom stereocenters. The summed E-state index contributed by atoms with van der Waals surface area (Å²) in [6.45, 7) is 19.8. The highest BCUT2D eigenvalue weighted by atomic mass is 16.5. The Labute approximate surface area is 311 Å². The second kappa shape index (κ2) is 32.0. The van der Waals surface area contributed by atoms with E-state index in [-0.39, 0.29) is 0 Å². The van der Waals surface area contributed by atoms with E-state index in [1.54, 1.807) is 0 Å². The summed E-state index contributed by atoms with van der Waals surface area (Å²) < 4.78 is 12.3. The highest BCUT2D eigenvalue weighted by Gasteiger charge is 2.07. The maximum absolute atomic E-state index is 6.16. The van der Waals surface area contributed by atoms with Crippen molar-refractivity contribution >= 4 is 0 Å². The van der Waals surface area contributed by atoms with Crippen molar-refractivity contribution < 1.29 is 9.47 Å². The number of ether oxygens (including phenoxy) is 2. The lowest BCUT2D eigenvalue weighted by Gasteiger charge is -2.22. The van der Waals surface area contributed by atoms with Gasteiger partial charge in [-0.2, -0.15) is 0 Å². The van der Waals surface area contributed by atoms with Crippen molar-refractivity contribution in [3.8, 4) is 11.1 Å². The molecular weight excluding hydrogens is 613 g/mol. The van der Waals surface area contributed by atoms with Gasteiger partial charge in [0.05, 0.1) is 13.2 Å². The second-order valence-corrected chi connectivity index (χ2v) is 14.8. The number of nitrogens with zero attached hydrogens (tertiary/aromatic N) is 2. The number of hydrogen-bond donors (Lipinski definition) is 0. The molecule has 0 amide bonds. The molecule has 50 heavy (non-hydrogen) atoms. The summed E-state index contributed by atoms with van der Waals surface area (Å²) in [5, 5.41) is 0. The molecule has 4 nitrogen and oxygen atoms in total. The van der Waals surface area contributed by atoms with Crippen molar-refractivity contribution in [3.63, 3.8) is 0 Å². The van der Waals surface area contributed by atoms with Crippen LogP contribution in [0.4, 0.5) is 0 Å². The molecule has 0 fully saturated rings. The average Bonchev–Trinajstić information content (AvgIpc) is 3.14. The van der Waals surface area contributed by atoms with Gasteiger partial charge >= 0.3 is 0 Å². The van der Waals surface area contributed by atoms with Crippen molar-refractivity contribution in [1.29, 1.82) is 0 Å². The average molecular weight is 693 g/mol. The van der Waals surface area contributed by atoms with Crippen LogP contribution >= 0.6 is 0 Å². The molecule has 0 N–H and O–H groups in total. The molecule has 2 rings (SSSR count). The lowest BCUT2D eigenvalue weighted by molar-refractivity contribution is 0.113. The Balaban J connectivity index is 1.69. The first-order chi connectivity index (χ1) is 24.7. The molecule has 0 saturated carbocycles. The summed E-state index contributed by atoms with van der Waals surface area (Å²) in [4.78, 5) is 5.43. The third-order valence-electron chi connectivity index (χ3n) is 10.1. The van der Waals surface area contributed by atoms with Crippen LogP contribution < -0.4 is 0 Å². The summed E-state index contributed by atoms with van der Waals surface area (Å²) in [6, 6.07) is 17.8. The normalized spacial score (nSPS) is 11.7. The van der Waals surface area contributed by atoms with Crippen LogP contribution in [0.25, 0.3) is 11.1 Å². The smallest absolute Gasteiger partial charge is 0.0717 e. The lowest BCUT2D eigenvalue weighted by atomic mass is 10.0. The minimum absolute atomic E-state index is 0.684. The van der Waals surface area contributed by atoms with Crippen molar-refractivity contribution in [1.82, 2.24) is 9.80 Å². The Bertz CT molecular complexity index is 921.